The van der Waals surface area contributed by atoms with Crippen molar-refractivity contribution >= 4 is 17.6 Å². The Morgan fingerprint density at radius 3 is 2.57 bits per heavy atom. The van der Waals surface area contributed by atoms with Crippen LogP contribution in [0.3, 0.4) is 0 Å². The van der Waals surface area contributed by atoms with Crippen molar-refractivity contribution in [2.45, 2.75) is 12.5 Å². The van der Waals surface area contributed by atoms with Gasteiger partial charge in [0.1, 0.15) is 18.2 Å². The van der Waals surface area contributed by atoms with Gasteiger partial charge in [-0.25, -0.2) is 13.6 Å². The second kappa shape index (κ2) is 5.74. The van der Waals surface area contributed by atoms with Crippen LogP contribution in [-0.4, -0.2) is 42.3 Å². The molecule has 0 aromatic heterocycles. The Morgan fingerprint density at radius 1 is 1.38 bits per heavy atom. The van der Waals surface area contributed by atoms with Gasteiger partial charge >= 0.3 is 5.97 Å². The van der Waals surface area contributed by atoms with Crippen molar-refractivity contribution in [3.8, 4) is 0 Å². The van der Waals surface area contributed by atoms with E-state index in [1.54, 1.807) is 0 Å². The van der Waals surface area contributed by atoms with E-state index in [4.69, 9.17) is 9.84 Å². The fourth-order valence-electron chi connectivity index (χ4n) is 1.81. The third kappa shape index (κ3) is 3.53. The molecule has 0 saturated carbocycles. The van der Waals surface area contributed by atoms with Crippen molar-refractivity contribution in [2.75, 3.05) is 25.0 Å². The molecule has 3 N–H and O–H groups in total. The zero-order chi connectivity index (χ0) is 15.6. The third-order valence-corrected chi connectivity index (χ3v) is 3.11. The summed E-state index contributed by atoms with van der Waals surface area (Å²) in [5, 5.41) is 13.9. The minimum atomic E-state index is -1.55. The maximum Gasteiger partial charge on any atom is 0.338 e. The number of benzene rings is 1. The molecule has 1 aliphatic heterocycles. The number of amides is 1. The van der Waals surface area contributed by atoms with Crippen molar-refractivity contribution in [1.29, 1.82) is 0 Å². The lowest BCUT2D eigenvalue weighted by atomic mass is 10.0. The average molecular weight is 300 g/mol. The quantitative estimate of drug-likeness (QED) is 0.754. The summed E-state index contributed by atoms with van der Waals surface area (Å²) in [4.78, 5) is 22.4. The number of anilines is 1. The van der Waals surface area contributed by atoms with Crippen LogP contribution in [0.25, 0.3) is 0 Å². The number of carbonyl (C=O) groups excluding carboxylic acids is 1. The molecule has 0 atom stereocenters. The summed E-state index contributed by atoms with van der Waals surface area (Å²) in [6.45, 7) is 2.72. The molecule has 114 valence electrons. The number of carbonyl (C=O) groups is 2. The highest BCUT2D eigenvalue weighted by molar-refractivity contribution is 5.94. The number of hydrogen-bond acceptors (Lipinski definition) is 4. The first kappa shape index (κ1) is 15.3. The molecule has 1 aromatic rings. The topological polar surface area (TPSA) is 87.7 Å². The minimum Gasteiger partial charge on any atom is -0.478 e. The third-order valence-electron chi connectivity index (χ3n) is 3.11. The van der Waals surface area contributed by atoms with Gasteiger partial charge in [-0.3, -0.25) is 4.79 Å². The normalized spacial score (nSPS) is 16.1. The van der Waals surface area contributed by atoms with Gasteiger partial charge in [0.25, 0.3) is 0 Å². The second-order valence-corrected chi connectivity index (χ2v) is 5.01. The van der Waals surface area contributed by atoms with Gasteiger partial charge in [-0.1, -0.05) is 0 Å². The summed E-state index contributed by atoms with van der Waals surface area (Å²) in [5.74, 6) is -4.46. The molecule has 1 aliphatic rings. The maximum absolute atomic E-state index is 13.5. The summed E-state index contributed by atoms with van der Waals surface area (Å²) in [7, 11) is 0. The summed E-state index contributed by atoms with van der Waals surface area (Å²) in [5.41, 5.74) is -1.56. The molecule has 6 nitrogen and oxygen atoms in total. The number of ether oxygens (including phenoxy) is 1. The van der Waals surface area contributed by atoms with Crippen molar-refractivity contribution in [3.05, 3.63) is 29.3 Å². The van der Waals surface area contributed by atoms with Crippen molar-refractivity contribution in [2.24, 2.45) is 0 Å². The Hall–Kier alpha value is -2.06. The molecule has 0 unspecified atom stereocenters. The van der Waals surface area contributed by atoms with Crippen LogP contribution in [0.1, 0.15) is 17.3 Å². The number of aromatic carboxylic acids is 1. The number of hydrogen-bond donors (Lipinski definition) is 3. The zero-order valence-electron chi connectivity index (χ0n) is 11.2. The van der Waals surface area contributed by atoms with E-state index in [1.165, 1.54) is 0 Å². The number of halogens is 2. The van der Waals surface area contributed by atoms with E-state index in [9.17, 15) is 18.4 Å². The van der Waals surface area contributed by atoms with Gasteiger partial charge < -0.3 is 20.5 Å². The first-order valence-electron chi connectivity index (χ1n) is 6.18. The monoisotopic (exact) mass is 300 g/mol. The van der Waals surface area contributed by atoms with Gasteiger partial charge in [-0.15, -0.1) is 0 Å². The number of carboxylic acids is 1. The number of carboxylic acid groups (broad SMARTS) is 1. The highest BCUT2D eigenvalue weighted by Crippen LogP contribution is 2.20. The molecule has 1 aromatic carbocycles. The van der Waals surface area contributed by atoms with Crippen LogP contribution in [0, 0.1) is 11.6 Å². The maximum atomic E-state index is 13.5. The lowest BCUT2D eigenvalue weighted by Crippen LogP contribution is -2.59. The predicted octanol–water partition coefficient (Wildman–Crippen LogP) is 0.980. The predicted molar refractivity (Wildman–Crippen MR) is 69.2 cm³/mol. The molecule has 0 spiro atoms. The first-order chi connectivity index (χ1) is 9.81. The minimum absolute atomic E-state index is 0.308. The Bertz CT molecular complexity index is 588. The summed E-state index contributed by atoms with van der Waals surface area (Å²) >= 11 is 0. The van der Waals surface area contributed by atoms with Crippen LogP contribution >= 0.6 is 0 Å². The SMILES string of the molecule is CC1(OCC(=O)Nc2cc(C(=O)O)c(F)cc2F)CNC1. The fourth-order valence-corrected chi connectivity index (χ4v) is 1.81. The standard InChI is InChI=1S/C13H14F2N2O4/c1-13(5-16-6-13)21-4-11(18)17-10-2-7(12(19)20)8(14)3-9(10)15/h2-3,16H,4-6H2,1H3,(H,17,18)(H,19,20). The highest BCUT2D eigenvalue weighted by Gasteiger charge is 2.33. The molecule has 1 heterocycles. The van der Waals surface area contributed by atoms with Crippen LogP contribution in [0.4, 0.5) is 14.5 Å². The average Bonchev–Trinajstić information content (AvgIpc) is 2.37. The van der Waals surface area contributed by atoms with Crippen molar-refractivity contribution in [3.63, 3.8) is 0 Å². The van der Waals surface area contributed by atoms with Crippen LogP contribution in [-0.2, 0) is 9.53 Å². The lowest BCUT2D eigenvalue weighted by molar-refractivity contribution is -0.130. The molecule has 0 bridgehead atoms. The van der Waals surface area contributed by atoms with Gasteiger partial charge in [0, 0.05) is 19.2 Å². The zero-order valence-corrected chi connectivity index (χ0v) is 11.2. The smallest absolute Gasteiger partial charge is 0.338 e. The Labute approximate surface area is 119 Å². The number of nitrogens with one attached hydrogen (secondary N) is 2. The van der Waals surface area contributed by atoms with Gasteiger partial charge in [0.2, 0.25) is 5.91 Å². The molecule has 2 rings (SSSR count). The van der Waals surface area contributed by atoms with Crippen molar-refractivity contribution in [1.82, 2.24) is 5.32 Å². The number of rotatable bonds is 5. The molecule has 21 heavy (non-hydrogen) atoms. The lowest BCUT2D eigenvalue weighted by Gasteiger charge is -2.38. The second-order valence-electron chi connectivity index (χ2n) is 5.01. The highest BCUT2D eigenvalue weighted by atomic mass is 19.1. The Kier molecular flexibility index (Phi) is 4.19. The van der Waals surface area contributed by atoms with Gasteiger partial charge in [0.05, 0.1) is 16.9 Å². The Morgan fingerprint density at radius 2 is 2.05 bits per heavy atom. The van der Waals surface area contributed by atoms with Crippen LogP contribution < -0.4 is 10.6 Å². The van der Waals surface area contributed by atoms with E-state index in [-0.39, 0.29) is 6.61 Å². The first-order valence-corrected chi connectivity index (χ1v) is 6.18. The van der Waals surface area contributed by atoms with E-state index in [1.807, 2.05) is 6.92 Å². The van der Waals surface area contributed by atoms with Crippen LogP contribution in [0.2, 0.25) is 0 Å². The molecule has 0 radical (unpaired) electrons. The molecule has 0 aliphatic carbocycles. The summed E-state index contributed by atoms with van der Waals surface area (Å²) in [6.07, 6.45) is 0. The van der Waals surface area contributed by atoms with E-state index < -0.39 is 40.4 Å². The summed E-state index contributed by atoms with van der Waals surface area (Å²) in [6, 6.07) is 1.15. The van der Waals surface area contributed by atoms with Gasteiger partial charge in [0.15, 0.2) is 0 Å². The van der Waals surface area contributed by atoms with Gasteiger partial charge in [-0.2, -0.15) is 0 Å². The van der Waals surface area contributed by atoms with E-state index in [0.717, 1.165) is 6.07 Å². The van der Waals surface area contributed by atoms with E-state index in [2.05, 4.69) is 10.6 Å². The molecule has 1 saturated heterocycles. The van der Waals surface area contributed by atoms with E-state index >= 15 is 0 Å². The molecular weight excluding hydrogens is 286 g/mol. The van der Waals surface area contributed by atoms with Crippen LogP contribution in [0.5, 0.6) is 0 Å². The van der Waals surface area contributed by atoms with Gasteiger partial charge in [-0.05, 0) is 13.0 Å². The Balaban J connectivity index is 2.03. The van der Waals surface area contributed by atoms with Crippen LogP contribution in [0.15, 0.2) is 12.1 Å². The van der Waals surface area contributed by atoms with Crippen molar-refractivity contribution < 1.29 is 28.2 Å². The molecular formula is C13H14F2N2O4. The molecule has 8 heteroatoms. The largest absolute Gasteiger partial charge is 0.478 e. The summed E-state index contributed by atoms with van der Waals surface area (Å²) < 4.78 is 32.1. The fraction of sp³-hybridized carbons (Fsp3) is 0.385. The molecule has 1 amide bonds. The van der Waals surface area contributed by atoms with E-state index in [0.29, 0.717) is 19.2 Å². The molecule has 1 fully saturated rings.